The molecule has 0 amide bonds. The van der Waals surface area contributed by atoms with Gasteiger partial charge in [0.15, 0.2) is 0 Å². The molecule has 8 aromatic rings. The predicted molar refractivity (Wildman–Crippen MR) is 205 cm³/mol. The van der Waals surface area contributed by atoms with Gasteiger partial charge in [0.1, 0.15) is 11.2 Å². The van der Waals surface area contributed by atoms with Gasteiger partial charge in [-0.1, -0.05) is 117 Å². The van der Waals surface area contributed by atoms with Crippen LogP contribution in [0.15, 0.2) is 156 Å². The maximum absolute atomic E-state index is 6.41. The molecule has 0 spiro atoms. The van der Waals surface area contributed by atoms with E-state index < -0.39 is 0 Å². The van der Waals surface area contributed by atoms with Crippen molar-refractivity contribution in [2.45, 2.75) is 19.3 Å². The molecule has 230 valence electrons. The van der Waals surface area contributed by atoms with Gasteiger partial charge in [-0.2, -0.15) is 0 Å². The predicted octanol–water partition coefficient (Wildman–Crippen LogP) is 9.97. The number of rotatable bonds is 2. The Kier molecular flexibility index (Phi) is 5.26. The fourth-order valence-corrected chi connectivity index (χ4v) is 9.30. The van der Waals surface area contributed by atoms with Crippen LogP contribution in [0.3, 0.4) is 0 Å². The summed E-state index contributed by atoms with van der Waals surface area (Å²) in [5.41, 5.74) is 18.3. The number of fused-ring (bicyclic) bond motifs is 10. The van der Waals surface area contributed by atoms with Crippen molar-refractivity contribution in [1.82, 2.24) is 0 Å². The number of hydrogen-bond acceptors (Lipinski definition) is 3. The highest BCUT2D eigenvalue weighted by atomic mass is 16.3. The molecule has 3 nitrogen and oxygen atoms in total. The lowest BCUT2D eigenvalue weighted by Gasteiger charge is -2.44. The van der Waals surface area contributed by atoms with E-state index >= 15 is 0 Å². The normalized spacial score (nSPS) is 14.8. The highest BCUT2D eigenvalue weighted by Crippen LogP contribution is 2.55. The van der Waals surface area contributed by atoms with Gasteiger partial charge in [-0.3, -0.25) is 0 Å². The Morgan fingerprint density at radius 2 is 1.00 bits per heavy atom. The molecule has 0 fully saturated rings. The van der Waals surface area contributed by atoms with Crippen LogP contribution in [0, 0.1) is 0 Å². The molecule has 49 heavy (non-hydrogen) atoms. The van der Waals surface area contributed by atoms with E-state index in [-0.39, 0.29) is 12.1 Å². The van der Waals surface area contributed by atoms with Crippen molar-refractivity contribution in [1.29, 1.82) is 0 Å². The molecule has 0 atom stereocenters. The lowest BCUT2D eigenvalue weighted by atomic mass is 9.33. The van der Waals surface area contributed by atoms with E-state index in [1.54, 1.807) is 0 Å². The van der Waals surface area contributed by atoms with E-state index in [0.29, 0.717) is 0 Å². The van der Waals surface area contributed by atoms with Crippen LogP contribution in [0.1, 0.15) is 25.0 Å². The molecule has 3 heterocycles. The van der Waals surface area contributed by atoms with Crippen molar-refractivity contribution >= 4 is 79.2 Å². The third kappa shape index (κ3) is 3.43. The fourth-order valence-electron chi connectivity index (χ4n) is 9.30. The highest BCUT2D eigenvalue weighted by Gasteiger charge is 2.45. The van der Waals surface area contributed by atoms with Gasteiger partial charge < -0.3 is 14.2 Å². The maximum Gasteiger partial charge on any atom is 0.252 e. The molecule has 0 radical (unpaired) electrons. The summed E-state index contributed by atoms with van der Waals surface area (Å²) < 4.78 is 6.41. The number of benzene rings is 7. The average molecular weight is 627 g/mol. The minimum absolute atomic E-state index is 0.0911. The third-order valence-corrected chi connectivity index (χ3v) is 11.2. The summed E-state index contributed by atoms with van der Waals surface area (Å²) in [5.74, 6) is 0. The van der Waals surface area contributed by atoms with Crippen molar-refractivity contribution in [2.24, 2.45) is 0 Å². The standard InChI is InChI=1S/C45H31BN2O/c1-45(2)31-17-5-3-14-28(31)29-16-11-23-37(43(29)45)48-35-21-9-7-19-33(35)46-32-18-6-8-20-34(32)47(38-24-12-25-39(48)44(38)46)36-22-13-27-41-42(36)30-15-4-10-26-40(30)49-41/h3-27H,1-2H3. The van der Waals surface area contributed by atoms with Crippen molar-refractivity contribution in [3.8, 4) is 11.1 Å². The van der Waals surface area contributed by atoms with E-state index in [9.17, 15) is 0 Å². The number of anilines is 6. The Balaban J connectivity index is 1.22. The van der Waals surface area contributed by atoms with Crippen LogP contribution in [-0.4, -0.2) is 6.71 Å². The van der Waals surface area contributed by atoms with E-state index in [4.69, 9.17) is 4.42 Å². The zero-order valence-electron chi connectivity index (χ0n) is 27.3. The second-order valence-electron chi connectivity index (χ2n) is 14.1. The second kappa shape index (κ2) is 9.55. The molecular formula is C45H31BN2O. The van der Waals surface area contributed by atoms with Gasteiger partial charge in [-0.05, 0) is 87.2 Å². The van der Waals surface area contributed by atoms with Crippen molar-refractivity contribution in [2.75, 3.05) is 9.80 Å². The fraction of sp³-hybridized carbons (Fsp3) is 0.0667. The third-order valence-electron chi connectivity index (χ3n) is 11.2. The van der Waals surface area contributed by atoms with E-state index in [2.05, 4.69) is 169 Å². The number of nitrogens with zero attached hydrogens (tertiary/aromatic N) is 2. The number of furan rings is 1. The van der Waals surface area contributed by atoms with Crippen LogP contribution in [0.4, 0.5) is 34.1 Å². The van der Waals surface area contributed by atoms with E-state index in [1.165, 1.54) is 67.1 Å². The summed E-state index contributed by atoms with van der Waals surface area (Å²) in [5, 5.41) is 2.27. The minimum Gasteiger partial charge on any atom is -0.456 e. The first-order chi connectivity index (χ1) is 24.1. The highest BCUT2D eigenvalue weighted by molar-refractivity contribution is 7.00. The molecule has 0 unspecified atom stereocenters. The van der Waals surface area contributed by atoms with Gasteiger partial charge in [-0.25, -0.2) is 0 Å². The van der Waals surface area contributed by atoms with Crippen LogP contribution in [-0.2, 0) is 5.41 Å². The minimum atomic E-state index is -0.153. The zero-order chi connectivity index (χ0) is 32.4. The Labute approximate surface area is 285 Å². The maximum atomic E-state index is 6.41. The van der Waals surface area contributed by atoms with Crippen molar-refractivity contribution in [3.05, 3.63) is 163 Å². The quantitative estimate of drug-likeness (QED) is 0.178. The first kappa shape index (κ1) is 27.0. The zero-order valence-corrected chi connectivity index (χ0v) is 27.3. The van der Waals surface area contributed by atoms with Gasteiger partial charge >= 0.3 is 0 Å². The summed E-state index contributed by atoms with van der Waals surface area (Å²) in [6, 6.07) is 55.6. The molecule has 0 saturated carbocycles. The Morgan fingerprint density at radius 1 is 0.469 bits per heavy atom. The molecule has 7 aromatic carbocycles. The van der Waals surface area contributed by atoms with E-state index in [0.717, 1.165) is 27.6 Å². The lowest BCUT2D eigenvalue weighted by molar-refractivity contribution is 0.661. The largest absolute Gasteiger partial charge is 0.456 e. The SMILES string of the molecule is CC1(C)c2ccccc2-c2cccc(N3c4ccccc4B4c5ccccc5N(c5cccc6oc7ccccc7c56)c5cccc3c54)c21. The summed E-state index contributed by atoms with van der Waals surface area (Å²) in [6.45, 7) is 4.86. The van der Waals surface area contributed by atoms with Crippen LogP contribution < -0.4 is 26.2 Å². The first-order valence-electron chi connectivity index (χ1n) is 17.2. The molecule has 0 N–H and O–H groups in total. The molecular weight excluding hydrogens is 595 g/mol. The van der Waals surface area contributed by atoms with E-state index in [1.807, 2.05) is 6.07 Å². The van der Waals surface area contributed by atoms with Crippen molar-refractivity contribution in [3.63, 3.8) is 0 Å². The smallest absolute Gasteiger partial charge is 0.252 e. The molecule has 11 rings (SSSR count). The van der Waals surface area contributed by atoms with Crippen LogP contribution in [0.25, 0.3) is 33.1 Å². The van der Waals surface area contributed by atoms with Crippen molar-refractivity contribution < 1.29 is 4.42 Å². The summed E-state index contributed by atoms with van der Waals surface area (Å²) in [6.07, 6.45) is 0. The average Bonchev–Trinajstić information content (AvgIpc) is 3.64. The Hall–Kier alpha value is -6.00. The Morgan fingerprint density at radius 3 is 1.80 bits per heavy atom. The Bertz CT molecular complexity index is 2690. The summed E-state index contributed by atoms with van der Waals surface area (Å²) in [7, 11) is 0. The van der Waals surface area contributed by atoms with Crippen LogP contribution in [0.5, 0.6) is 0 Å². The van der Waals surface area contributed by atoms with Crippen LogP contribution >= 0.6 is 0 Å². The number of para-hydroxylation sites is 3. The van der Waals surface area contributed by atoms with Gasteiger partial charge in [0, 0.05) is 33.6 Å². The molecule has 1 aliphatic carbocycles. The summed E-state index contributed by atoms with van der Waals surface area (Å²) >= 11 is 0. The second-order valence-corrected chi connectivity index (χ2v) is 14.1. The molecule has 0 bridgehead atoms. The lowest BCUT2D eigenvalue weighted by Crippen LogP contribution is -2.61. The molecule has 1 aromatic heterocycles. The molecule has 3 aliphatic rings. The molecule has 2 aliphatic heterocycles. The molecule has 0 saturated heterocycles. The van der Waals surface area contributed by atoms with Gasteiger partial charge in [0.05, 0.1) is 16.8 Å². The monoisotopic (exact) mass is 626 g/mol. The molecule has 4 heteroatoms. The van der Waals surface area contributed by atoms with Gasteiger partial charge in [0.2, 0.25) is 0 Å². The van der Waals surface area contributed by atoms with Crippen LogP contribution in [0.2, 0.25) is 0 Å². The topological polar surface area (TPSA) is 19.6 Å². The van der Waals surface area contributed by atoms with Gasteiger partial charge in [-0.15, -0.1) is 0 Å². The first-order valence-corrected chi connectivity index (χ1v) is 17.2. The number of hydrogen-bond donors (Lipinski definition) is 0. The van der Waals surface area contributed by atoms with Gasteiger partial charge in [0.25, 0.3) is 6.71 Å². The summed E-state index contributed by atoms with van der Waals surface area (Å²) in [4.78, 5) is 5.04.